The molecule has 0 saturated heterocycles. The van der Waals surface area contributed by atoms with Crippen LogP contribution in [-0.2, 0) is 0 Å². The van der Waals surface area contributed by atoms with Gasteiger partial charge in [-0.2, -0.15) is 0 Å². The highest BCUT2D eigenvalue weighted by atomic mass is 16.5. The highest BCUT2D eigenvalue weighted by Crippen LogP contribution is 2.55. The molecule has 0 radical (unpaired) electrons. The molecule has 0 spiro atoms. The SMILES string of the molecule is COc1ccc(C(=O)NCC2CC3c4ccccc4C2c2ccccc23)cn1. The first-order valence-electron chi connectivity index (χ1n) is 9.72. The second kappa shape index (κ2) is 6.79. The zero-order valence-electron chi connectivity index (χ0n) is 15.8. The van der Waals surface area contributed by atoms with Crippen molar-refractivity contribution in [3.8, 4) is 5.88 Å². The molecule has 1 heterocycles. The Labute approximate surface area is 164 Å². The molecule has 2 bridgehead atoms. The van der Waals surface area contributed by atoms with Gasteiger partial charge in [-0.05, 0) is 40.7 Å². The van der Waals surface area contributed by atoms with Crippen molar-refractivity contribution in [2.75, 3.05) is 13.7 Å². The molecule has 6 rings (SSSR count). The molecular formula is C24H22N2O2. The van der Waals surface area contributed by atoms with Crippen molar-refractivity contribution in [1.82, 2.24) is 10.3 Å². The Morgan fingerprint density at radius 3 is 2.21 bits per heavy atom. The maximum Gasteiger partial charge on any atom is 0.252 e. The van der Waals surface area contributed by atoms with E-state index < -0.39 is 0 Å². The average Bonchev–Trinajstić information content (AvgIpc) is 2.77. The van der Waals surface area contributed by atoms with Crippen LogP contribution in [0.25, 0.3) is 0 Å². The van der Waals surface area contributed by atoms with Crippen molar-refractivity contribution in [3.63, 3.8) is 0 Å². The molecule has 3 aliphatic carbocycles. The molecule has 28 heavy (non-hydrogen) atoms. The molecule has 3 aliphatic rings. The molecule has 0 fully saturated rings. The standard InChI is InChI=1S/C24H22N2O2/c1-28-22-11-10-15(13-25-22)24(27)26-14-16-12-21-17-6-2-4-8-19(17)23(16)20-9-5-3-7-18(20)21/h2-11,13,16,21,23H,12,14H2,1H3,(H,26,27). The summed E-state index contributed by atoms with van der Waals surface area (Å²) in [7, 11) is 1.57. The number of methoxy groups -OCH3 is 1. The number of benzene rings is 2. The van der Waals surface area contributed by atoms with Crippen molar-refractivity contribution in [2.45, 2.75) is 18.3 Å². The average molecular weight is 370 g/mol. The molecule has 1 atom stereocenters. The summed E-state index contributed by atoms with van der Waals surface area (Å²) in [6, 6.07) is 21.0. The molecule has 1 unspecified atom stereocenters. The summed E-state index contributed by atoms with van der Waals surface area (Å²) in [4.78, 5) is 16.7. The van der Waals surface area contributed by atoms with Crippen LogP contribution in [0, 0.1) is 5.92 Å². The van der Waals surface area contributed by atoms with E-state index in [0.717, 1.165) is 6.42 Å². The van der Waals surface area contributed by atoms with Gasteiger partial charge in [-0.3, -0.25) is 4.79 Å². The maximum atomic E-state index is 12.6. The van der Waals surface area contributed by atoms with Crippen LogP contribution in [0.2, 0.25) is 0 Å². The third-order valence-electron chi connectivity index (χ3n) is 6.16. The lowest BCUT2D eigenvalue weighted by Crippen LogP contribution is -2.39. The Kier molecular flexibility index (Phi) is 4.12. The van der Waals surface area contributed by atoms with Gasteiger partial charge in [0.1, 0.15) is 0 Å². The van der Waals surface area contributed by atoms with E-state index in [-0.39, 0.29) is 5.91 Å². The fraction of sp³-hybridized carbons (Fsp3) is 0.250. The number of ether oxygens (including phenoxy) is 1. The van der Waals surface area contributed by atoms with Crippen molar-refractivity contribution in [1.29, 1.82) is 0 Å². The number of rotatable bonds is 4. The fourth-order valence-corrected chi connectivity index (χ4v) is 4.92. The Balaban J connectivity index is 1.39. The predicted molar refractivity (Wildman–Crippen MR) is 108 cm³/mol. The van der Waals surface area contributed by atoms with Crippen LogP contribution in [0.4, 0.5) is 0 Å². The molecule has 3 aromatic rings. The van der Waals surface area contributed by atoms with Gasteiger partial charge < -0.3 is 10.1 Å². The number of aromatic nitrogens is 1. The first kappa shape index (κ1) is 17.0. The van der Waals surface area contributed by atoms with Crippen LogP contribution < -0.4 is 10.1 Å². The van der Waals surface area contributed by atoms with Crippen LogP contribution in [0.1, 0.15) is 50.9 Å². The highest BCUT2D eigenvalue weighted by molar-refractivity contribution is 5.93. The summed E-state index contributed by atoms with van der Waals surface area (Å²) >= 11 is 0. The summed E-state index contributed by atoms with van der Waals surface area (Å²) in [5.74, 6) is 1.58. The molecule has 0 aliphatic heterocycles. The van der Waals surface area contributed by atoms with Crippen LogP contribution in [0.5, 0.6) is 5.88 Å². The van der Waals surface area contributed by atoms with Crippen molar-refractivity contribution < 1.29 is 9.53 Å². The number of hydrogen-bond acceptors (Lipinski definition) is 3. The van der Waals surface area contributed by atoms with Gasteiger partial charge in [0.05, 0.1) is 12.7 Å². The Bertz CT molecular complexity index is 981. The molecule has 4 heteroatoms. The van der Waals surface area contributed by atoms with E-state index in [1.165, 1.54) is 22.3 Å². The quantitative estimate of drug-likeness (QED) is 0.752. The first-order valence-corrected chi connectivity index (χ1v) is 9.72. The van der Waals surface area contributed by atoms with Crippen LogP contribution >= 0.6 is 0 Å². The summed E-state index contributed by atoms with van der Waals surface area (Å²) in [6.45, 7) is 0.661. The van der Waals surface area contributed by atoms with Gasteiger partial charge >= 0.3 is 0 Å². The van der Waals surface area contributed by atoms with E-state index in [2.05, 4.69) is 58.8 Å². The van der Waals surface area contributed by atoms with E-state index >= 15 is 0 Å². The van der Waals surface area contributed by atoms with E-state index in [9.17, 15) is 4.79 Å². The fourth-order valence-electron chi connectivity index (χ4n) is 4.92. The van der Waals surface area contributed by atoms with Gasteiger partial charge in [0, 0.05) is 30.6 Å². The third kappa shape index (κ3) is 2.68. The van der Waals surface area contributed by atoms with Gasteiger partial charge in [0.25, 0.3) is 5.91 Å². The lowest BCUT2D eigenvalue weighted by molar-refractivity contribution is 0.0942. The number of amides is 1. The van der Waals surface area contributed by atoms with Gasteiger partial charge in [-0.25, -0.2) is 4.98 Å². The van der Waals surface area contributed by atoms with Gasteiger partial charge in [0.2, 0.25) is 5.88 Å². The number of hydrogen-bond donors (Lipinski definition) is 1. The van der Waals surface area contributed by atoms with Crippen LogP contribution in [0.3, 0.4) is 0 Å². The van der Waals surface area contributed by atoms with Crippen molar-refractivity contribution >= 4 is 5.91 Å². The highest BCUT2D eigenvalue weighted by Gasteiger charge is 2.42. The summed E-state index contributed by atoms with van der Waals surface area (Å²) in [6.07, 6.45) is 2.63. The topological polar surface area (TPSA) is 51.2 Å². The van der Waals surface area contributed by atoms with Gasteiger partial charge in [0.15, 0.2) is 0 Å². The van der Waals surface area contributed by atoms with E-state index in [0.29, 0.717) is 35.7 Å². The van der Waals surface area contributed by atoms with E-state index in [1.807, 2.05) is 0 Å². The molecule has 1 N–H and O–H groups in total. The van der Waals surface area contributed by atoms with Crippen LogP contribution in [-0.4, -0.2) is 24.5 Å². The number of nitrogens with zero attached hydrogens (tertiary/aromatic N) is 1. The van der Waals surface area contributed by atoms with Crippen LogP contribution in [0.15, 0.2) is 66.9 Å². The Hall–Kier alpha value is -3.14. The van der Waals surface area contributed by atoms with Crippen molar-refractivity contribution in [3.05, 3.63) is 94.7 Å². The summed E-state index contributed by atoms with van der Waals surface area (Å²) in [5.41, 5.74) is 6.30. The molecule has 2 aromatic carbocycles. The minimum absolute atomic E-state index is 0.0850. The first-order chi connectivity index (χ1) is 13.8. The monoisotopic (exact) mass is 370 g/mol. The number of carbonyl (C=O) groups excluding carboxylic acids is 1. The number of pyridine rings is 1. The maximum absolute atomic E-state index is 12.6. The second-order valence-corrected chi connectivity index (χ2v) is 7.58. The second-order valence-electron chi connectivity index (χ2n) is 7.58. The molecule has 140 valence electrons. The minimum atomic E-state index is -0.0850. The lowest BCUT2D eigenvalue weighted by atomic mass is 9.59. The molecule has 0 saturated carbocycles. The number of nitrogens with one attached hydrogen (secondary N) is 1. The molecule has 1 aromatic heterocycles. The number of carbonyl (C=O) groups is 1. The molecular weight excluding hydrogens is 348 g/mol. The molecule has 4 nitrogen and oxygen atoms in total. The largest absolute Gasteiger partial charge is 0.481 e. The Morgan fingerprint density at radius 1 is 1.00 bits per heavy atom. The number of fused-ring (bicyclic) bond motifs is 1. The molecule has 1 amide bonds. The van der Waals surface area contributed by atoms with E-state index in [1.54, 1.807) is 25.4 Å². The van der Waals surface area contributed by atoms with Gasteiger partial charge in [-0.15, -0.1) is 0 Å². The minimum Gasteiger partial charge on any atom is -0.481 e. The summed E-state index contributed by atoms with van der Waals surface area (Å²) in [5, 5.41) is 3.13. The van der Waals surface area contributed by atoms with Gasteiger partial charge in [-0.1, -0.05) is 48.5 Å². The Morgan fingerprint density at radius 2 is 1.64 bits per heavy atom. The predicted octanol–water partition coefficient (Wildman–Crippen LogP) is 4.12. The lowest BCUT2D eigenvalue weighted by Gasteiger charge is -2.45. The van der Waals surface area contributed by atoms with E-state index in [4.69, 9.17) is 4.74 Å². The zero-order valence-corrected chi connectivity index (χ0v) is 15.8. The third-order valence-corrected chi connectivity index (χ3v) is 6.16. The summed E-state index contributed by atoms with van der Waals surface area (Å²) < 4.78 is 5.06. The normalized spacial score (nSPS) is 21.5. The zero-order chi connectivity index (χ0) is 19.1. The van der Waals surface area contributed by atoms with Crippen molar-refractivity contribution in [2.24, 2.45) is 5.92 Å². The smallest absolute Gasteiger partial charge is 0.252 e.